The number of hydrogen-bond donors (Lipinski definition) is 0. The van der Waals surface area contributed by atoms with Gasteiger partial charge in [0.15, 0.2) is 0 Å². The maximum absolute atomic E-state index is 12.2. The molecule has 0 fully saturated rings. The first kappa shape index (κ1) is 19.9. The predicted molar refractivity (Wildman–Crippen MR) is 83.8 cm³/mol. The fourth-order valence-corrected chi connectivity index (χ4v) is 2.01. The molecule has 0 aliphatic heterocycles. The summed E-state index contributed by atoms with van der Waals surface area (Å²) in [5.41, 5.74) is -0.621. The van der Waals surface area contributed by atoms with Crippen LogP contribution in [0.3, 0.4) is 0 Å². The molecule has 0 amide bonds. The molecule has 0 N–H and O–H groups in total. The van der Waals surface area contributed by atoms with Crippen molar-refractivity contribution in [2.75, 3.05) is 13.2 Å². The summed E-state index contributed by atoms with van der Waals surface area (Å²) in [4.78, 5) is 24.2. The van der Waals surface area contributed by atoms with Crippen molar-refractivity contribution in [3.05, 3.63) is 0 Å². The van der Waals surface area contributed by atoms with Crippen molar-refractivity contribution in [3.8, 4) is 0 Å². The van der Waals surface area contributed by atoms with Crippen LogP contribution in [0.5, 0.6) is 0 Å². The third-order valence-corrected chi connectivity index (χ3v) is 3.72. The van der Waals surface area contributed by atoms with Crippen LogP contribution in [0.25, 0.3) is 0 Å². The van der Waals surface area contributed by atoms with E-state index < -0.39 is 5.41 Å². The summed E-state index contributed by atoms with van der Waals surface area (Å²) in [6, 6.07) is 0. The maximum Gasteiger partial charge on any atom is 0.311 e. The van der Waals surface area contributed by atoms with Gasteiger partial charge in [0, 0.05) is 0 Å². The van der Waals surface area contributed by atoms with E-state index in [1.807, 2.05) is 34.6 Å². The van der Waals surface area contributed by atoms with Crippen LogP contribution in [0.15, 0.2) is 0 Å². The number of carbonyl (C=O) groups is 2. The van der Waals surface area contributed by atoms with Crippen LogP contribution in [0.2, 0.25) is 0 Å². The lowest BCUT2D eigenvalue weighted by molar-refractivity contribution is -0.159. The van der Waals surface area contributed by atoms with Crippen molar-refractivity contribution in [2.24, 2.45) is 17.3 Å². The Morgan fingerprint density at radius 2 is 1.71 bits per heavy atom. The van der Waals surface area contributed by atoms with Gasteiger partial charge in [-0.3, -0.25) is 9.59 Å². The van der Waals surface area contributed by atoms with E-state index in [9.17, 15) is 9.59 Å². The van der Waals surface area contributed by atoms with Gasteiger partial charge in [0.25, 0.3) is 0 Å². The predicted octanol–water partition coefficient (Wildman–Crippen LogP) is 3.97. The molecule has 0 spiro atoms. The van der Waals surface area contributed by atoms with Crippen molar-refractivity contribution in [3.63, 3.8) is 0 Å². The highest BCUT2D eigenvalue weighted by Gasteiger charge is 2.36. The van der Waals surface area contributed by atoms with Gasteiger partial charge in [-0.25, -0.2) is 0 Å². The Hall–Kier alpha value is -1.06. The molecule has 0 bridgehead atoms. The summed E-state index contributed by atoms with van der Waals surface area (Å²) < 4.78 is 10.6. The van der Waals surface area contributed by atoms with E-state index in [1.165, 1.54) is 0 Å². The van der Waals surface area contributed by atoms with Crippen molar-refractivity contribution >= 4 is 11.9 Å². The lowest BCUT2D eigenvalue weighted by Crippen LogP contribution is -2.34. The molecule has 0 aromatic carbocycles. The van der Waals surface area contributed by atoms with E-state index in [0.717, 1.165) is 12.8 Å². The smallest absolute Gasteiger partial charge is 0.311 e. The second-order valence-electron chi connectivity index (χ2n) is 6.53. The highest BCUT2D eigenvalue weighted by molar-refractivity contribution is 5.78. The monoisotopic (exact) mass is 300 g/mol. The number of rotatable bonds is 10. The number of carbonyl (C=O) groups excluding carboxylic acids is 2. The summed E-state index contributed by atoms with van der Waals surface area (Å²) in [6.45, 7) is 12.6. The van der Waals surface area contributed by atoms with Crippen LogP contribution >= 0.6 is 0 Å². The zero-order chi connectivity index (χ0) is 16.5. The largest absolute Gasteiger partial charge is 0.465 e. The highest BCUT2D eigenvalue weighted by atomic mass is 16.5. The van der Waals surface area contributed by atoms with Crippen LogP contribution < -0.4 is 0 Å². The Balaban J connectivity index is 4.50. The van der Waals surface area contributed by atoms with E-state index in [4.69, 9.17) is 9.47 Å². The molecule has 0 rings (SSSR count). The first-order valence-corrected chi connectivity index (χ1v) is 8.10. The molecule has 0 heterocycles. The molecule has 0 saturated heterocycles. The van der Waals surface area contributed by atoms with Gasteiger partial charge in [0.1, 0.15) is 0 Å². The summed E-state index contributed by atoms with van der Waals surface area (Å²) in [7, 11) is 0. The second kappa shape index (κ2) is 9.80. The molecular formula is C17H32O4. The SMILES string of the molecule is CCCCOC(=O)C(C)(CC)CC(C)C(=O)OCC(C)C. The molecule has 0 aliphatic rings. The standard InChI is InChI=1S/C17H32O4/c1-7-9-10-20-16(19)17(6,8-2)11-14(5)15(18)21-12-13(3)4/h13-14H,7-12H2,1-6H3. The Morgan fingerprint density at radius 3 is 2.19 bits per heavy atom. The maximum atomic E-state index is 12.2. The zero-order valence-corrected chi connectivity index (χ0v) is 14.5. The fraction of sp³-hybridized carbons (Fsp3) is 0.882. The number of unbranched alkanes of at least 4 members (excludes halogenated alkanes) is 1. The van der Waals surface area contributed by atoms with Gasteiger partial charge < -0.3 is 9.47 Å². The molecule has 21 heavy (non-hydrogen) atoms. The fourth-order valence-electron chi connectivity index (χ4n) is 2.01. The minimum Gasteiger partial charge on any atom is -0.465 e. The first-order chi connectivity index (χ1) is 9.76. The molecule has 0 aliphatic carbocycles. The average molecular weight is 300 g/mol. The molecule has 2 atom stereocenters. The van der Waals surface area contributed by atoms with E-state index in [1.54, 1.807) is 0 Å². The van der Waals surface area contributed by atoms with Crippen LogP contribution in [0.1, 0.15) is 67.2 Å². The van der Waals surface area contributed by atoms with Crippen LogP contribution in [-0.2, 0) is 19.1 Å². The Kier molecular flexibility index (Phi) is 9.31. The van der Waals surface area contributed by atoms with Crippen LogP contribution in [0.4, 0.5) is 0 Å². The van der Waals surface area contributed by atoms with Gasteiger partial charge in [0.2, 0.25) is 0 Å². The third kappa shape index (κ3) is 7.49. The number of esters is 2. The molecule has 4 heteroatoms. The van der Waals surface area contributed by atoms with Crippen LogP contribution in [0, 0.1) is 17.3 Å². The highest BCUT2D eigenvalue weighted by Crippen LogP contribution is 2.32. The number of ether oxygens (including phenoxy) is 2. The zero-order valence-electron chi connectivity index (χ0n) is 14.5. The molecule has 0 aromatic heterocycles. The summed E-state index contributed by atoms with van der Waals surface area (Å²) in [5, 5.41) is 0. The summed E-state index contributed by atoms with van der Waals surface area (Å²) in [6.07, 6.45) is 2.98. The molecule has 124 valence electrons. The summed E-state index contributed by atoms with van der Waals surface area (Å²) in [5.74, 6) is -0.420. The Labute approximate surface area is 129 Å². The Morgan fingerprint density at radius 1 is 1.10 bits per heavy atom. The number of hydrogen-bond acceptors (Lipinski definition) is 4. The van der Waals surface area contributed by atoms with Crippen molar-refractivity contribution in [1.29, 1.82) is 0 Å². The normalized spacial score (nSPS) is 15.4. The lowest BCUT2D eigenvalue weighted by Gasteiger charge is -2.28. The molecular weight excluding hydrogens is 268 g/mol. The molecule has 2 unspecified atom stereocenters. The molecule has 0 radical (unpaired) electrons. The molecule has 0 aromatic rings. The third-order valence-electron chi connectivity index (χ3n) is 3.72. The minimum atomic E-state index is -0.621. The Bertz CT molecular complexity index is 325. The molecule has 0 saturated carbocycles. The first-order valence-electron chi connectivity index (χ1n) is 8.10. The topological polar surface area (TPSA) is 52.6 Å². The molecule has 4 nitrogen and oxygen atoms in total. The van der Waals surface area contributed by atoms with Crippen molar-refractivity contribution < 1.29 is 19.1 Å². The van der Waals surface area contributed by atoms with Crippen LogP contribution in [-0.4, -0.2) is 25.2 Å². The van der Waals surface area contributed by atoms with Gasteiger partial charge in [-0.2, -0.15) is 0 Å². The van der Waals surface area contributed by atoms with Gasteiger partial charge in [-0.1, -0.05) is 41.0 Å². The van der Waals surface area contributed by atoms with Gasteiger partial charge in [-0.15, -0.1) is 0 Å². The minimum absolute atomic E-state index is 0.207. The second-order valence-corrected chi connectivity index (χ2v) is 6.53. The van der Waals surface area contributed by atoms with Gasteiger partial charge in [-0.05, 0) is 32.1 Å². The average Bonchev–Trinajstić information content (AvgIpc) is 2.44. The van der Waals surface area contributed by atoms with Crippen molar-refractivity contribution in [2.45, 2.75) is 67.2 Å². The van der Waals surface area contributed by atoms with Gasteiger partial charge >= 0.3 is 11.9 Å². The van der Waals surface area contributed by atoms with E-state index >= 15 is 0 Å². The van der Waals surface area contributed by atoms with E-state index in [-0.39, 0.29) is 17.9 Å². The lowest BCUT2D eigenvalue weighted by atomic mass is 9.79. The van der Waals surface area contributed by atoms with Crippen molar-refractivity contribution in [1.82, 2.24) is 0 Å². The van der Waals surface area contributed by atoms with E-state index in [2.05, 4.69) is 6.92 Å². The van der Waals surface area contributed by atoms with E-state index in [0.29, 0.717) is 32.0 Å². The van der Waals surface area contributed by atoms with Gasteiger partial charge in [0.05, 0.1) is 24.5 Å². The quantitative estimate of drug-likeness (QED) is 0.452. The summed E-state index contributed by atoms with van der Waals surface area (Å²) >= 11 is 0.